The Balaban J connectivity index is 1.43. The number of aromatic nitrogens is 5. The summed E-state index contributed by atoms with van der Waals surface area (Å²) in [4.78, 5) is 18.6. The van der Waals surface area contributed by atoms with Crippen LogP contribution in [0.4, 0.5) is 0 Å². The first kappa shape index (κ1) is 21.6. The van der Waals surface area contributed by atoms with E-state index in [1.54, 1.807) is 17.9 Å². The average Bonchev–Trinajstić information content (AvgIpc) is 3.54. The second kappa shape index (κ2) is 9.01. The number of tetrazole rings is 1. The Hall–Kier alpha value is -3.96. The molecule has 1 fully saturated rings. The fourth-order valence-corrected chi connectivity index (χ4v) is 4.57. The van der Waals surface area contributed by atoms with Crippen molar-refractivity contribution in [2.24, 2.45) is 0 Å². The van der Waals surface area contributed by atoms with Gasteiger partial charge >= 0.3 is 0 Å². The molecule has 2 aliphatic rings. The number of benzene rings is 2. The number of nitrogens with zero attached hydrogens (tertiary/aromatic N) is 5. The minimum absolute atomic E-state index is 0.166. The zero-order chi connectivity index (χ0) is 23.8. The van der Waals surface area contributed by atoms with Crippen molar-refractivity contribution < 1.29 is 18.9 Å². The van der Waals surface area contributed by atoms with Gasteiger partial charge in [-0.3, -0.25) is 9.69 Å². The molecule has 2 aromatic heterocycles. The van der Waals surface area contributed by atoms with Crippen molar-refractivity contribution in [2.45, 2.75) is 12.6 Å². The lowest BCUT2D eigenvalue weighted by Crippen LogP contribution is -2.42. The van der Waals surface area contributed by atoms with E-state index in [1.165, 1.54) is 0 Å². The quantitative estimate of drug-likeness (QED) is 0.444. The molecule has 1 atom stereocenters. The van der Waals surface area contributed by atoms with Gasteiger partial charge in [-0.15, -0.1) is 5.10 Å². The summed E-state index contributed by atoms with van der Waals surface area (Å²) in [5.74, 6) is 2.64. The first-order valence-corrected chi connectivity index (χ1v) is 11.4. The molecule has 6 rings (SSSR count). The van der Waals surface area contributed by atoms with E-state index in [9.17, 15) is 4.79 Å². The molecular formula is C24H24N6O5. The lowest BCUT2D eigenvalue weighted by molar-refractivity contribution is 0.0214. The Kier molecular flexibility index (Phi) is 5.55. The van der Waals surface area contributed by atoms with Gasteiger partial charge < -0.3 is 23.9 Å². The number of pyridine rings is 1. The number of rotatable bonds is 6. The summed E-state index contributed by atoms with van der Waals surface area (Å²) < 4.78 is 23.6. The highest BCUT2D eigenvalue weighted by atomic mass is 16.7. The minimum Gasteiger partial charge on any atom is -0.497 e. The van der Waals surface area contributed by atoms with Crippen molar-refractivity contribution in [3.05, 3.63) is 69.8 Å². The number of hydrogen-bond donors (Lipinski definition) is 1. The number of H-pyrrole nitrogens is 1. The summed E-state index contributed by atoms with van der Waals surface area (Å²) in [6, 6.07) is 12.9. The van der Waals surface area contributed by atoms with Gasteiger partial charge in [-0.05, 0) is 40.3 Å². The maximum atomic E-state index is 13.4. The van der Waals surface area contributed by atoms with Crippen LogP contribution < -0.4 is 19.8 Å². The number of nitrogens with one attached hydrogen (secondary N) is 1. The SMILES string of the molecule is COc1ccc(Cn2nnnc2[C@@H](c2cc3cc4c(cc3[nH]c2=O)OCO4)N2CCOCC2)cc1. The fourth-order valence-electron chi connectivity index (χ4n) is 4.57. The van der Waals surface area contributed by atoms with Gasteiger partial charge in [-0.25, -0.2) is 4.68 Å². The van der Waals surface area contributed by atoms with Crippen molar-refractivity contribution in [3.63, 3.8) is 0 Å². The fraction of sp³-hybridized carbons (Fsp3) is 0.333. The molecule has 0 amide bonds. The van der Waals surface area contributed by atoms with E-state index in [4.69, 9.17) is 18.9 Å². The van der Waals surface area contributed by atoms with Crippen LogP contribution in [0, 0.1) is 0 Å². The van der Waals surface area contributed by atoms with Crippen LogP contribution in [0.1, 0.15) is 23.0 Å². The largest absolute Gasteiger partial charge is 0.497 e. The summed E-state index contributed by atoms with van der Waals surface area (Å²) in [5, 5.41) is 13.4. The summed E-state index contributed by atoms with van der Waals surface area (Å²) in [6.07, 6.45) is 0. The van der Waals surface area contributed by atoms with E-state index >= 15 is 0 Å². The number of morpholine rings is 1. The van der Waals surface area contributed by atoms with E-state index in [2.05, 4.69) is 25.4 Å². The van der Waals surface area contributed by atoms with Gasteiger partial charge in [0, 0.05) is 30.1 Å². The van der Waals surface area contributed by atoms with E-state index < -0.39 is 6.04 Å². The lowest BCUT2D eigenvalue weighted by Gasteiger charge is -2.33. The standard InChI is InChI=1S/C24H24N6O5/c1-32-17-4-2-15(3-5-17)13-30-23(26-27-28-30)22(29-6-8-33-9-7-29)18-10-16-11-20-21(35-14-34-20)12-19(16)25-24(18)31/h2-5,10-12,22H,6-9,13-14H2,1H3,(H,25,31)/t22-/m1/s1. The number of fused-ring (bicyclic) bond motifs is 2. The normalized spacial score (nSPS) is 16.5. The number of methoxy groups -OCH3 is 1. The number of hydrogen-bond acceptors (Lipinski definition) is 9. The lowest BCUT2D eigenvalue weighted by atomic mass is 10.0. The Morgan fingerprint density at radius 2 is 1.86 bits per heavy atom. The van der Waals surface area contributed by atoms with Crippen molar-refractivity contribution in [3.8, 4) is 17.2 Å². The Morgan fingerprint density at radius 1 is 1.09 bits per heavy atom. The summed E-state index contributed by atoms with van der Waals surface area (Å²) in [5.41, 5.74) is 2.05. The molecule has 180 valence electrons. The molecule has 2 aliphatic heterocycles. The zero-order valence-corrected chi connectivity index (χ0v) is 19.1. The predicted molar refractivity (Wildman–Crippen MR) is 125 cm³/mol. The average molecular weight is 476 g/mol. The molecule has 0 radical (unpaired) electrons. The van der Waals surface area contributed by atoms with Gasteiger partial charge in [-0.2, -0.15) is 0 Å². The molecule has 4 aromatic rings. The van der Waals surface area contributed by atoms with E-state index in [0.29, 0.717) is 61.3 Å². The van der Waals surface area contributed by atoms with Crippen molar-refractivity contribution in [2.75, 3.05) is 40.2 Å². The molecule has 1 saturated heterocycles. The molecule has 0 unspecified atom stereocenters. The topological polar surface area (TPSA) is 117 Å². The smallest absolute Gasteiger partial charge is 0.253 e. The van der Waals surface area contributed by atoms with Crippen LogP contribution in [0.25, 0.3) is 10.9 Å². The molecule has 4 heterocycles. The van der Waals surface area contributed by atoms with Gasteiger partial charge in [-0.1, -0.05) is 12.1 Å². The summed E-state index contributed by atoms with van der Waals surface area (Å²) in [6.45, 7) is 3.06. The monoisotopic (exact) mass is 476 g/mol. The van der Waals surface area contributed by atoms with Gasteiger partial charge in [0.2, 0.25) is 6.79 Å². The molecule has 11 heteroatoms. The molecule has 11 nitrogen and oxygen atoms in total. The Labute approximate surface area is 200 Å². The first-order valence-electron chi connectivity index (χ1n) is 11.4. The van der Waals surface area contributed by atoms with Crippen LogP contribution in [0.15, 0.2) is 47.3 Å². The third kappa shape index (κ3) is 4.08. The van der Waals surface area contributed by atoms with E-state index in [1.807, 2.05) is 36.4 Å². The highest BCUT2D eigenvalue weighted by Crippen LogP contribution is 2.36. The molecule has 0 saturated carbocycles. The molecule has 2 aromatic carbocycles. The molecular weight excluding hydrogens is 452 g/mol. The van der Waals surface area contributed by atoms with Crippen molar-refractivity contribution in [1.82, 2.24) is 30.1 Å². The highest BCUT2D eigenvalue weighted by Gasteiger charge is 2.32. The van der Waals surface area contributed by atoms with Gasteiger partial charge in [0.15, 0.2) is 17.3 Å². The van der Waals surface area contributed by atoms with Crippen LogP contribution in [-0.4, -0.2) is 70.3 Å². The van der Waals surface area contributed by atoms with Crippen LogP contribution >= 0.6 is 0 Å². The Morgan fingerprint density at radius 3 is 2.63 bits per heavy atom. The van der Waals surface area contributed by atoms with Gasteiger partial charge in [0.05, 0.1) is 32.4 Å². The molecule has 0 bridgehead atoms. The van der Waals surface area contributed by atoms with E-state index in [-0.39, 0.29) is 12.4 Å². The zero-order valence-electron chi connectivity index (χ0n) is 19.1. The van der Waals surface area contributed by atoms with Crippen LogP contribution in [-0.2, 0) is 11.3 Å². The summed E-state index contributed by atoms with van der Waals surface area (Å²) >= 11 is 0. The molecule has 0 spiro atoms. The second-order valence-electron chi connectivity index (χ2n) is 8.44. The van der Waals surface area contributed by atoms with E-state index in [0.717, 1.165) is 16.7 Å². The number of aromatic amines is 1. The van der Waals surface area contributed by atoms with Crippen LogP contribution in [0.5, 0.6) is 17.2 Å². The molecule has 0 aliphatic carbocycles. The molecule has 35 heavy (non-hydrogen) atoms. The summed E-state index contributed by atoms with van der Waals surface area (Å²) in [7, 11) is 1.63. The second-order valence-corrected chi connectivity index (χ2v) is 8.44. The maximum absolute atomic E-state index is 13.4. The van der Waals surface area contributed by atoms with Gasteiger partial charge in [0.25, 0.3) is 5.56 Å². The van der Waals surface area contributed by atoms with Crippen molar-refractivity contribution >= 4 is 10.9 Å². The van der Waals surface area contributed by atoms with Crippen LogP contribution in [0.2, 0.25) is 0 Å². The first-order chi connectivity index (χ1) is 17.2. The predicted octanol–water partition coefficient (Wildman–Crippen LogP) is 1.72. The van der Waals surface area contributed by atoms with Crippen molar-refractivity contribution in [1.29, 1.82) is 0 Å². The Bertz CT molecular complexity index is 1410. The minimum atomic E-state index is -0.453. The number of ether oxygens (including phenoxy) is 4. The third-order valence-electron chi connectivity index (χ3n) is 6.37. The maximum Gasteiger partial charge on any atom is 0.253 e. The third-order valence-corrected chi connectivity index (χ3v) is 6.37. The molecule has 1 N–H and O–H groups in total. The van der Waals surface area contributed by atoms with Gasteiger partial charge in [0.1, 0.15) is 11.8 Å². The highest BCUT2D eigenvalue weighted by molar-refractivity contribution is 5.83. The van der Waals surface area contributed by atoms with Crippen LogP contribution in [0.3, 0.4) is 0 Å².